The van der Waals surface area contributed by atoms with Gasteiger partial charge in [0.05, 0.1) is 25.7 Å². The first-order chi connectivity index (χ1) is 22.3. The minimum absolute atomic E-state index is 0.101. The lowest BCUT2D eigenvalue weighted by molar-refractivity contribution is -0.158. The second-order valence-electron chi connectivity index (χ2n) is 16.7. The van der Waals surface area contributed by atoms with Gasteiger partial charge in [-0.25, -0.2) is 0 Å². The highest BCUT2D eigenvalue weighted by molar-refractivity contribution is 5.73. The van der Waals surface area contributed by atoms with Gasteiger partial charge in [-0.05, 0) is 87.6 Å². The molecule has 0 bridgehead atoms. The normalized spacial score (nSPS) is 20.4. The zero-order chi connectivity index (χ0) is 36.0. The third-order valence-electron chi connectivity index (χ3n) is 8.25. The fourth-order valence-electron chi connectivity index (χ4n) is 6.11. The number of carbonyl (C=O) groups is 3. The van der Waals surface area contributed by atoms with Crippen LogP contribution in [0.2, 0.25) is 0 Å². The van der Waals surface area contributed by atoms with E-state index in [1.54, 1.807) is 0 Å². The predicted octanol–water partition coefficient (Wildman–Crippen LogP) is 2.76. The average molecular weight is 684 g/mol. The molecule has 0 aromatic rings. The zero-order valence-corrected chi connectivity index (χ0v) is 31.8. The molecule has 0 aromatic heterocycles. The van der Waals surface area contributed by atoms with E-state index in [9.17, 15) is 19.5 Å². The van der Waals surface area contributed by atoms with Crippen LogP contribution in [-0.4, -0.2) is 157 Å². The van der Waals surface area contributed by atoms with Crippen LogP contribution in [0.5, 0.6) is 0 Å². The van der Waals surface area contributed by atoms with E-state index in [2.05, 4.69) is 20.0 Å². The van der Waals surface area contributed by atoms with Crippen LogP contribution < -0.4 is 5.32 Å². The molecule has 0 aromatic carbocycles. The number of hydrogen-bond acceptors (Lipinski definition) is 12. The van der Waals surface area contributed by atoms with Gasteiger partial charge in [-0.15, -0.1) is 0 Å². The van der Waals surface area contributed by atoms with E-state index < -0.39 is 22.9 Å². The molecule has 2 N–H and O–H groups in total. The first-order valence-corrected chi connectivity index (χ1v) is 18.2. The van der Waals surface area contributed by atoms with Gasteiger partial charge in [-0.3, -0.25) is 34.0 Å². The molecule has 1 saturated carbocycles. The van der Waals surface area contributed by atoms with E-state index in [0.29, 0.717) is 71.4 Å². The Balaban J connectivity index is 2.19. The summed E-state index contributed by atoms with van der Waals surface area (Å²) in [5.41, 5.74) is -1.79. The highest BCUT2D eigenvalue weighted by Crippen LogP contribution is 2.22. The molecule has 1 saturated heterocycles. The zero-order valence-electron chi connectivity index (χ0n) is 31.8. The molecule has 12 nitrogen and oxygen atoms in total. The molecule has 12 heteroatoms. The molecule has 0 spiro atoms. The van der Waals surface area contributed by atoms with Crippen LogP contribution in [0.3, 0.4) is 0 Å². The standard InChI is InChI=1S/C36H69N5O7/c1-34(2,3)46-31(43)26-39-17-15-38(25-30(42)24-37-23-29-13-11-10-12-14-29)16-18-40(27-32(44)47-35(4,5)6)20-22-41(21-19-39)28-33(45)48-36(7,8)9/h29-30,37,42H,10-28H2,1-9H3. The van der Waals surface area contributed by atoms with Crippen LogP contribution in [0.1, 0.15) is 94.4 Å². The Morgan fingerprint density at radius 2 is 0.938 bits per heavy atom. The lowest BCUT2D eigenvalue weighted by Gasteiger charge is -2.35. The fraction of sp³-hybridized carbons (Fsp3) is 0.917. The van der Waals surface area contributed by atoms with E-state index >= 15 is 0 Å². The van der Waals surface area contributed by atoms with Crippen molar-refractivity contribution in [3.05, 3.63) is 0 Å². The van der Waals surface area contributed by atoms with Crippen molar-refractivity contribution in [3.8, 4) is 0 Å². The number of hydrogen-bond donors (Lipinski definition) is 2. The molecule has 1 unspecified atom stereocenters. The van der Waals surface area contributed by atoms with Crippen LogP contribution >= 0.6 is 0 Å². The Labute approximate surface area is 291 Å². The molecular weight excluding hydrogens is 614 g/mol. The molecule has 2 fully saturated rings. The van der Waals surface area contributed by atoms with Crippen LogP contribution in [0.15, 0.2) is 0 Å². The molecule has 2 rings (SSSR count). The third-order valence-corrected chi connectivity index (χ3v) is 8.25. The second kappa shape index (κ2) is 20.1. The molecular formula is C36H69N5O7. The summed E-state index contributed by atoms with van der Waals surface area (Å²) in [6.45, 7) is 23.5. The van der Waals surface area contributed by atoms with E-state index in [4.69, 9.17) is 14.2 Å². The van der Waals surface area contributed by atoms with Gasteiger partial charge >= 0.3 is 17.9 Å². The van der Waals surface area contributed by atoms with Gasteiger partial charge in [-0.2, -0.15) is 0 Å². The SMILES string of the molecule is CC(C)(C)OC(=O)CN1CCN(CC(=O)OC(C)(C)C)CCN(CC(O)CNCC2CCCCC2)CCN(CC(=O)OC(C)(C)C)CC1. The van der Waals surface area contributed by atoms with Gasteiger partial charge in [-0.1, -0.05) is 19.3 Å². The number of aliphatic hydroxyl groups excluding tert-OH is 1. The van der Waals surface area contributed by atoms with Crippen molar-refractivity contribution in [2.75, 3.05) is 91.6 Å². The van der Waals surface area contributed by atoms with E-state index in [1.165, 1.54) is 32.1 Å². The van der Waals surface area contributed by atoms with Crippen LogP contribution in [-0.2, 0) is 28.6 Å². The van der Waals surface area contributed by atoms with Gasteiger partial charge in [0, 0.05) is 65.4 Å². The number of rotatable bonds is 12. The van der Waals surface area contributed by atoms with Gasteiger partial charge in [0.1, 0.15) is 16.8 Å². The number of aliphatic hydroxyl groups is 1. The van der Waals surface area contributed by atoms with Gasteiger partial charge in [0.25, 0.3) is 0 Å². The second-order valence-corrected chi connectivity index (χ2v) is 16.7. The van der Waals surface area contributed by atoms with Crippen molar-refractivity contribution in [2.45, 2.75) is 117 Å². The van der Waals surface area contributed by atoms with Crippen molar-refractivity contribution >= 4 is 17.9 Å². The van der Waals surface area contributed by atoms with E-state index in [1.807, 2.05) is 67.2 Å². The number of ether oxygens (including phenoxy) is 3. The third kappa shape index (κ3) is 20.6. The number of nitrogens with one attached hydrogen (secondary N) is 1. The number of esters is 3. The summed E-state index contributed by atoms with van der Waals surface area (Å²) in [4.78, 5) is 47.1. The first kappa shape index (κ1) is 42.3. The Bertz CT molecular complexity index is 923. The Morgan fingerprint density at radius 3 is 1.27 bits per heavy atom. The monoisotopic (exact) mass is 684 g/mol. The molecule has 280 valence electrons. The maximum absolute atomic E-state index is 12.9. The van der Waals surface area contributed by atoms with Crippen molar-refractivity contribution < 1.29 is 33.7 Å². The van der Waals surface area contributed by atoms with Crippen LogP contribution in [0.4, 0.5) is 0 Å². The summed E-state index contributed by atoms with van der Waals surface area (Å²) in [6, 6.07) is 0. The summed E-state index contributed by atoms with van der Waals surface area (Å²) in [5.74, 6) is -0.222. The lowest BCUT2D eigenvalue weighted by atomic mass is 9.89. The highest BCUT2D eigenvalue weighted by Gasteiger charge is 2.26. The largest absolute Gasteiger partial charge is 0.459 e. The Morgan fingerprint density at radius 1 is 0.604 bits per heavy atom. The Kier molecular flexibility index (Phi) is 17.8. The molecule has 1 atom stereocenters. The fourth-order valence-corrected chi connectivity index (χ4v) is 6.11. The average Bonchev–Trinajstić information content (AvgIpc) is 2.92. The summed E-state index contributed by atoms with van der Waals surface area (Å²) in [6.07, 6.45) is 5.87. The highest BCUT2D eigenvalue weighted by atomic mass is 16.6. The maximum Gasteiger partial charge on any atom is 0.320 e. The van der Waals surface area contributed by atoms with Gasteiger partial charge in [0.15, 0.2) is 0 Å². The lowest BCUT2D eigenvalue weighted by Crippen LogP contribution is -2.50. The smallest absolute Gasteiger partial charge is 0.320 e. The van der Waals surface area contributed by atoms with Crippen molar-refractivity contribution in [2.24, 2.45) is 5.92 Å². The topological polar surface area (TPSA) is 124 Å². The molecule has 2 aliphatic rings. The van der Waals surface area contributed by atoms with Gasteiger partial charge in [0.2, 0.25) is 0 Å². The predicted molar refractivity (Wildman–Crippen MR) is 189 cm³/mol. The van der Waals surface area contributed by atoms with E-state index in [-0.39, 0.29) is 37.5 Å². The molecule has 1 heterocycles. The van der Waals surface area contributed by atoms with Crippen molar-refractivity contribution in [1.82, 2.24) is 24.9 Å². The molecule has 1 aliphatic carbocycles. The summed E-state index contributed by atoms with van der Waals surface area (Å²) in [5, 5.41) is 14.6. The van der Waals surface area contributed by atoms with Crippen LogP contribution in [0.25, 0.3) is 0 Å². The van der Waals surface area contributed by atoms with E-state index in [0.717, 1.165) is 6.54 Å². The Hall–Kier alpha value is -1.83. The maximum atomic E-state index is 12.9. The quantitative estimate of drug-likeness (QED) is 0.232. The summed E-state index contributed by atoms with van der Waals surface area (Å²) < 4.78 is 16.9. The number of β-amino-alcohol motifs (C(OH)–C–C–N with tert-alkyl or cyclic N) is 1. The molecule has 0 radical (unpaired) electrons. The molecule has 0 amide bonds. The van der Waals surface area contributed by atoms with Crippen LogP contribution in [0, 0.1) is 5.92 Å². The first-order valence-electron chi connectivity index (χ1n) is 18.2. The van der Waals surface area contributed by atoms with Crippen molar-refractivity contribution in [3.63, 3.8) is 0 Å². The van der Waals surface area contributed by atoms with Gasteiger partial charge < -0.3 is 24.6 Å². The summed E-state index contributed by atoms with van der Waals surface area (Å²) >= 11 is 0. The number of carbonyl (C=O) groups excluding carboxylic acids is 3. The minimum atomic E-state index is -0.603. The minimum Gasteiger partial charge on any atom is -0.459 e. The summed E-state index contributed by atoms with van der Waals surface area (Å²) in [7, 11) is 0. The van der Waals surface area contributed by atoms with Crippen molar-refractivity contribution in [1.29, 1.82) is 0 Å². The molecule has 1 aliphatic heterocycles. The molecule has 48 heavy (non-hydrogen) atoms. The number of nitrogens with zero attached hydrogens (tertiary/aromatic N) is 4.